The molecule has 0 aliphatic carbocycles. The summed E-state index contributed by atoms with van der Waals surface area (Å²) >= 11 is 0. The van der Waals surface area contributed by atoms with Crippen LogP contribution in [-0.4, -0.2) is 36.1 Å². The smallest absolute Gasteiger partial charge is 0.419 e. The van der Waals surface area contributed by atoms with E-state index >= 15 is 0 Å². The monoisotopic (exact) mass is 395 g/mol. The average Bonchev–Trinajstić information content (AvgIpc) is 3.06. The topological polar surface area (TPSA) is 48.3 Å². The third kappa shape index (κ3) is 3.51. The van der Waals surface area contributed by atoms with E-state index in [4.69, 9.17) is 14.6 Å². The zero-order valence-electron chi connectivity index (χ0n) is 16.0. The Labute approximate surface area is 161 Å². The van der Waals surface area contributed by atoms with Crippen LogP contribution in [0.15, 0.2) is 18.2 Å². The predicted octanol–water partition coefficient (Wildman–Crippen LogP) is 3.83. The second kappa shape index (κ2) is 7.40. The Morgan fingerprint density at radius 1 is 1.25 bits per heavy atom. The van der Waals surface area contributed by atoms with Gasteiger partial charge in [-0.05, 0) is 45.0 Å². The van der Waals surface area contributed by atoms with Crippen LogP contribution in [0.5, 0.6) is 5.75 Å². The second-order valence-corrected chi connectivity index (χ2v) is 7.45. The first-order chi connectivity index (χ1) is 13.4. The van der Waals surface area contributed by atoms with Crippen molar-refractivity contribution >= 4 is 0 Å². The van der Waals surface area contributed by atoms with E-state index in [9.17, 15) is 13.2 Å². The molecule has 5 nitrogen and oxygen atoms in total. The first kappa shape index (κ1) is 19.3. The Bertz CT molecular complexity index is 857. The van der Waals surface area contributed by atoms with Gasteiger partial charge in [0.15, 0.2) is 0 Å². The number of alkyl halides is 3. The molecule has 3 heterocycles. The van der Waals surface area contributed by atoms with E-state index in [0.29, 0.717) is 24.6 Å². The van der Waals surface area contributed by atoms with Crippen LogP contribution < -0.4 is 10.1 Å². The first-order valence-electron chi connectivity index (χ1n) is 9.57. The molecule has 0 bridgehead atoms. The first-order valence-corrected chi connectivity index (χ1v) is 9.57. The molecular weight excluding hydrogens is 371 g/mol. The molecule has 152 valence electrons. The molecule has 0 unspecified atom stereocenters. The van der Waals surface area contributed by atoms with Crippen LogP contribution in [-0.2, 0) is 23.9 Å². The standard InChI is InChI=1S/C20H24F3N3O2/c1-12-9-17-15(11-28-12)19(13-5-7-24-8-6-13)25-26(17)14-3-4-16(20(21,22)23)18(10-14)27-2/h3-4,10,12-13,24H,5-9,11H2,1-2H3/t12-/m0/s1. The number of hydrogen-bond donors (Lipinski definition) is 1. The van der Waals surface area contributed by atoms with Gasteiger partial charge >= 0.3 is 6.18 Å². The van der Waals surface area contributed by atoms with E-state index in [0.717, 1.165) is 48.9 Å². The normalized spacial score (nSPS) is 20.8. The van der Waals surface area contributed by atoms with Gasteiger partial charge in [-0.2, -0.15) is 18.3 Å². The fourth-order valence-corrected chi connectivity index (χ4v) is 4.11. The Kier molecular flexibility index (Phi) is 5.09. The maximum Gasteiger partial charge on any atom is 0.419 e. The minimum Gasteiger partial charge on any atom is -0.496 e. The van der Waals surface area contributed by atoms with Gasteiger partial charge in [0.1, 0.15) is 5.75 Å². The fourth-order valence-electron chi connectivity index (χ4n) is 4.11. The Morgan fingerprint density at radius 2 is 2.00 bits per heavy atom. The maximum absolute atomic E-state index is 13.2. The second-order valence-electron chi connectivity index (χ2n) is 7.45. The summed E-state index contributed by atoms with van der Waals surface area (Å²) in [7, 11) is 1.25. The van der Waals surface area contributed by atoms with Crippen molar-refractivity contribution in [3.63, 3.8) is 0 Å². The number of aromatic nitrogens is 2. The van der Waals surface area contributed by atoms with Crippen LogP contribution in [0.25, 0.3) is 5.69 Å². The molecule has 2 aliphatic heterocycles. The number of rotatable bonds is 3. The lowest BCUT2D eigenvalue weighted by Gasteiger charge is -2.24. The third-order valence-corrected chi connectivity index (χ3v) is 5.57. The summed E-state index contributed by atoms with van der Waals surface area (Å²) in [5.41, 5.74) is 2.92. The van der Waals surface area contributed by atoms with Crippen molar-refractivity contribution in [1.82, 2.24) is 15.1 Å². The summed E-state index contributed by atoms with van der Waals surface area (Å²) in [6.45, 7) is 4.38. The number of benzene rings is 1. The molecule has 8 heteroatoms. The highest BCUT2D eigenvalue weighted by molar-refractivity contribution is 5.48. The van der Waals surface area contributed by atoms with Gasteiger partial charge in [0, 0.05) is 24.0 Å². The van der Waals surface area contributed by atoms with Crippen LogP contribution >= 0.6 is 0 Å². The van der Waals surface area contributed by atoms with Crippen molar-refractivity contribution in [2.45, 2.75) is 51.0 Å². The number of halogens is 3. The fraction of sp³-hybridized carbons (Fsp3) is 0.550. The molecule has 4 rings (SSSR count). The average molecular weight is 395 g/mol. The van der Waals surface area contributed by atoms with Crippen molar-refractivity contribution in [2.24, 2.45) is 0 Å². The van der Waals surface area contributed by atoms with Gasteiger partial charge in [0.2, 0.25) is 0 Å². The Balaban J connectivity index is 1.80. The van der Waals surface area contributed by atoms with Gasteiger partial charge in [-0.3, -0.25) is 0 Å². The minimum absolute atomic E-state index is 0.0418. The summed E-state index contributed by atoms with van der Waals surface area (Å²) in [5.74, 6) is 0.141. The molecule has 1 fully saturated rings. The molecule has 1 aromatic heterocycles. The number of nitrogens with one attached hydrogen (secondary N) is 1. The van der Waals surface area contributed by atoms with Crippen molar-refractivity contribution in [3.05, 3.63) is 40.7 Å². The minimum atomic E-state index is -4.46. The van der Waals surface area contributed by atoms with Gasteiger partial charge in [-0.15, -0.1) is 0 Å². The lowest BCUT2D eigenvalue weighted by Crippen LogP contribution is -2.27. The van der Waals surface area contributed by atoms with Gasteiger partial charge < -0.3 is 14.8 Å². The van der Waals surface area contributed by atoms with Crippen LogP contribution in [0.3, 0.4) is 0 Å². The molecule has 0 radical (unpaired) electrons. The molecule has 1 N–H and O–H groups in total. The molecule has 2 aromatic rings. The quantitative estimate of drug-likeness (QED) is 0.858. The van der Waals surface area contributed by atoms with Crippen molar-refractivity contribution in [2.75, 3.05) is 20.2 Å². The molecule has 2 aliphatic rings. The molecule has 0 saturated carbocycles. The summed E-state index contributed by atoms with van der Waals surface area (Å²) in [6, 6.07) is 3.95. The highest BCUT2D eigenvalue weighted by atomic mass is 19.4. The number of fused-ring (bicyclic) bond motifs is 1. The van der Waals surface area contributed by atoms with E-state index in [2.05, 4.69) is 5.32 Å². The molecule has 28 heavy (non-hydrogen) atoms. The molecule has 1 saturated heterocycles. The molecule has 1 aromatic carbocycles. The number of methoxy groups -OCH3 is 1. The predicted molar refractivity (Wildman–Crippen MR) is 97.9 cm³/mol. The van der Waals surface area contributed by atoms with Crippen molar-refractivity contribution < 1.29 is 22.6 Å². The van der Waals surface area contributed by atoms with Crippen LogP contribution in [0.1, 0.15) is 48.2 Å². The molecule has 0 spiro atoms. The summed E-state index contributed by atoms with van der Waals surface area (Å²) in [4.78, 5) is 0. The lowest BCUT2D eigenvalue weighted by molar-refractivity contribution is -0.138. The van der Waals surface area contributed by atoms with E-state index in [1.165, 1.54) is 19.2 Å². The van der Waals surface area contributed by atoms with Gasteiger partial charge in [-0.25, -0.2) is 4.68 Å². The van der Waals surface area contributed by atoms with E-state index in [1.807, 2.05) is 6.92 Å². The highest BCUT2D eigenvalue weighted by Gasteiger charge is 2.35. The molecule has 1 atom stereocenters. The lowest BCUT2D eigenvalue weighted by atomic mass is 9.90. The maximum atomic E-state index is 13.2. The zero-order valence-corrected chi connectivity index (χ0v) is 16.0. The van der Waals surface area contributed by atoms with Crippen molar-refractivity contribution in [1.29, 1.82) is 0 Å². The zero-order chi connectivity index (χ0) is 19.9. The summed E-state index contributed by atoms with van der Waals surface area (Å²) in [5, 5.41) is 8.22. The SMILES string of the molecule is COc1cc(-n2nc(C3CCNCC3)c3c2C[C@H](C)OC3)ccc1C(F)(F)F. The van der Waals surface area contributed by atoms with E-state index in [-0.39, 0.29) is 11.9 Å². The number of nitrogens with zero attached hydrogens (tertiary/aromatic N) is 2. The van der Waals surface area contributed by atoms with Gasteiger partial charge in [-0.1, -0.05) is 0 Å². The van der Waals surface area contributed by atoms with Crippen LogP contribution in [0.4, 0.5) is 13.2 Å². The highest BCUT2D eigenvalue weighted by Crippen LogP contribution is 2.39. The summed E-state index contributed by atoms with van der Waals surface area (Å²) in [6.07, 6.45) is -1.75. The Hall–Kier alpha value is -2.06. The number of hydrogen-bond acceptors (Lipinski definition) is 4. The Morgan fingerprint density at radius 3 is 2.68 bits per heavy atom. The van der Waals surface area contributed by atoms with Crippen LogP contribution in [0, 0.1) is 0 Å². The number of ether oxygens (including phenoxy) is 2. The van der Waals surface area contributed by atoms with Crippen LogP contribution in [0.2, 0.25) is 0 Å². The van der Waals surface area contributed by atoms with Gasteiger partial charge in [0.25, 0.3) is 0 Å². The number of piperidine rings is 1. The van der Waals surface area contributed by atoms with Crippen molar-refractivity contribution in [3.8, 4) is 11.4 Å². The van der Waals surface area contributed by atoms with E-state index < -0.39 is 11.7 Å². The largest absolute Gasteiger partial charge is 0.496 e. The molecular formula is C20H24F3N3O2. The van der Waals surface area contributed by atoms with E-state index in [1.54, 1.807) is 4.68 Å². The third-order valence-electron chi connectivity index (χ3n) is 5.57. The van der Waals surface area contributed by atoms with Gasteiger partial charge in [0.05, 0.1) is 42.5 Å². The molecule has 0 amide bonds. The summed E-state index contributed by atoms with van der Waals surface area (Å²) < 4.78 is 52.3.